The van der Waals surface area contributed by atoms with Crippen molar-refractivity contribution in [3.05, 3.63) is 82.2 Å². The Bertz CT molecular complexity index is 2130. The molecule has 4 aliphatic rings. The van der Waals surface area contributed by atoms with Gasteiger partial charge in [-0.25, -0.2) is 9.79 Å². The zero-order valence-electron chi connectivity index (χ0n) is 30.5. The van der Waals surface area contributed by atoms with Crippen molar-refractivity contribution in [1.82, 2.24) is 14.7 Å². The summed E-state index contributed by atoms with van der Waals surface area (Å²) >= 11 is 11.6. The van der Waals surface area contributed by atoms with Crippen molar-refractivity contribution in [3.8, 4) is 12.1 Å². The number of halogens is 6. The van der Waals surface area contributed by atoms with Crippen molar-refractivity contribution in [2.75, 3.05) is 36.4 Å². The Morgan fingerprint density at radius 1 is 0.875 bits per heavy atom. The fraction of sp³-hybridized carbons (Fsp3) is 0.421. The van der Waals surface area contributed by atoms with E-state index < -0.39 is 45.7 Å². The van der Waals surface area contributed by atoms with Crippen LogP contribution in [0, 0.1) is 22.7 Å². The van der Waals surface area contributed by atoms with Gasteiger partial charge in [-0.3, -0.25) is 4.90 Å². The number of amides is 1. The molecule has 1 spiro atoms. The lowest BCUT2D eigenvalue weighted by Crippen LogP contribution is -2.55. The standard InChI is InChI=1S/C38H36F6N8O2S2/c1-35(2,3)54-34(53)50-17-15-49(16-18-50)26-9-11-27(12-10-26)52-33(56)51(28-8-6-24(22-46)30(20-28)38(42,43)44)31(36(52)13-4-14-36)48-32(55)47-25-7-5-23(21-45)29(19-25)37(39,40)41/h5-9,11,19-20H,4,10,12-18H2,1-3H3,(H,47,55). The molecule has 18 heteroatoms. The van der Waals surface area contributed by atoms with E-state index in [1.807, 2.05) is 37.8 Å². The molecule has 6 rings (SSSR count). The normalized spacial score (nSPS) is 19.3. The van der Waals surface area contributed by atoms with Crippen LogP contribution in [-0.2, 0) is 17.1 Å². The molecule has 2 aromatic carbocycles. The average Bonchev–Trinajstić information content (AvgIpc) is 3.37. The van der Waals surface area contributed by atoms with Gasteiger partial charge in [0.05, 0.1) is 40.1 Å². The molecule has 0 bridgehead atoms. The molecule has 0 aromatic heterocycles. The number of aliphatic imine (C=N–C) groups is 1. The predicted molar refractivity (Wildman–Crippen MR) is 204 cm³/mol. The van der Waals surface area contributed by atoms with Crippen LogP contribution in [0.5, 0.6) is 0 Å². The molecule has 294 valence electrons. The Kier molecular flexibility index (Phi) is 10.9. The average molecular weight is 815 g/mol. The summed E-state index contributed by atoms with van der Waals surface area (Å²) in [7, 11) is 0. The number of rotatable bonds is 4. The first-order valence-electron chi connectivity index (χ1n) is 17.7. The molecule has 2 aromatic rings. The number of ether oxygens (including phenoxy) is 1. The van der Waals surface area contributed by atoms with Crippen LogP contribution in [0.15, 0.2) is 64.9 Å². The van der Waals surface area contributed by atoms with Crippen molar-refractivity contribution < 1.29 is 35.9 Å². The van der Waals surface area contributed by atoms with Crippen LogP contribution in [-0.4, -0.2) is 74.2 Å². The summed E-state index contributed by atoms with van der Waals surface area (Å²) in [6.07, 6.45) is -3.38. The lowest BCUT2D eigenvalue weighted by atomic mass is 9.74. The molecule has 0 atom stereocenters. The molecule has 2 aliphatic heterocycles. The maximum Gasteiger partial charge on any atom is 0.417 e. The van der Waals surface area contributed by atoms with Crippen LogP contribution < -0.4 is 10.2 Å². The number of hydrogen-bond acceptors (Lipinski definition) is 7. The second-order valence-electron chi connectivity index (χ2n) is 14.7. The van der Waals surface area contributed by atoms with Crippen LogP contribution in [0.2, 0.25) is 0 Å². The molecular formula is C38H36F6N8O2S2. The highest BCUT2D eigenvalue weighted by Gasteiger charge is 2.58. The van der Waals surface area contributed by atoms with Crippen LogP contribution in [0.1, 0.15) is 75.1 Å². The highest BCUT2D eigenvalue weighted by atomic mass is 32.1. The van der Waals surface area contributed by atoms with E-state index in [1.54, 1.807) is 11.0 Å². The minimum absolute atomic E-state index is 0.0233. The van der Waals surface area contributed by atoms with Crippen molar-refractivity contribution in [2.24, 2.45) is 4.99 Å². The van der Waals surface area contributed by atoms with E-state index in [0.717, 1.165) is 35.7 Å². The molecule has 1 saturated carbocycles. The van der Waals surface area contributed by atoms with Crippen molar-refractivity contribution in [3.63, 3.8) is 0 Å². The van der Waals surface area contributed by atoms with Gasteiger partial charge in [0.2, 0.25) is 0 Å². The van der Waals surface area contributed by atoms with E-state index in [1.165, 1.54) is 23.1 Å². The Morgan fingerprint density at radius 3 is 1.96 bits per heavy atom. The molecule has 10 nitrogen and oxygen atoms in total. The summed E-state index contributed by atoms with van der Waals surface area (Å²) in [5.41, 5.74) is -3.37. The Labute approximate surface area is 330 Å². The highest BCUT2D eigenvalue weighted by molar-refractivity contribution is 7.81. The number of anilines is 2. The number of thiocarbonyl (C=S) groups is 2. The second kappa shape index (κ2) is 15.0. The molecule has 2 aliphatic carbocycles. The number of carbonyl (C=O) groups is 1. The van der Waals surface area contributed by atoms with Gasteiger partial charge < -0.3 is 24.8 Å². The summed E-state index contributed by atoms with van der Waals surface area (Å²) < 4.78 is 89.4. The number of benzene rings is 2. The summed E-state index contributed by atoms with van der Waals surface area (Å²) in [4.78, 5) is 24.4. The minimum atomic E-state index is -4.87. The molecule has 2 saturated heterocycles. The van der Waals surface area contributed by atoms with E-state index in [4.69, 9.17) is 29.2 Å². The molecule has 0 radical (unpaired) electrons. The monoisotopic (exact) mass is 814 g/mol. The van der Waals surface area contributed by atoms with Gasteiger partial charge in [0.1, 0.15) is 17.0 Å². The Morgan fingerprint density at radius 2 is 1.45 bits per heavy atom. The van der Waals surface area contributed by atoms with Gasteiger partial charge in [0.25, 0.3) is 0 Å². The number of allylic oxidation sites excluding steroid dienone is 4. The first-order chi connectivity index (χ1) is 26.3. The van der Waals surface area contributed by atoms with Gasteiger partial charge in [0.15, 0.2) is 10.2 Å². The van der Waals surface area contributed by atoms with Crippen LogP contribution in [0.4, 0.5) is 42.5 Å². The molecule has 56 heavy (non-hydrogen) atoms. The Hall–Kier alpha value is -5.20. The summed E-state index contributed by atoms with van der Waals surface area (Å²) in [6.45, 7) is 7.60. The van der Waals surface area contributed by atoms with E-state index in [-0.39, 0.29) is 33.5 Å². The lowest BCUT2D eigenvalue weighted by Gasteiger charge is -2.46. The first kappa shape index (κ1) is 40.5. The van der Waals surface area contributed by atoms with Crippen molar-refractivity contribution >= 4 is 58.0 Å². The minimum Gasteiger partial charge on any atom is -0.444 e. The number of piperazine rings is 1. The van der Waals surface area contributed by atoms with E-state index >= 15 is 0 Å². The highest BCUT2D eigenvalue weighted by Crippen LogP contribution is 2.50. The lowest BCUT2D eigenvalue weighted by molar-refractivity contribution is -0.138. The smallest absolute Gasteiger partial charge is 0.417 e. The molecule has 0 unspecified atom stereocenters. The first-order valence-corrected chi connectivity index (χ1v) is 18.5. The van der Waals surface area contributed by atoms with Crippen LogP contribution in [0.3, 0.4) is 0 Å². The maximum absolute atomic E-state index is 14.2. The van der Waals surface area contributed by atoms with E-state index in [2.05, 4.69) is 15.2 Å². The van der Waals surface area contributed by atoms with Gasteiger partial charge >= 0.3 is 18.4 Å². The quantitative estimate of drug-likeness (QED) is 0.238. The molecule has 1 N–H and O–H groups in total. The SMILES string of the molecule is CC(C)(C)OC(=O)N1CCN(C2=CC=C(N3C(=S)N(c4ccc(C#N)c(C(F)(F)F)c4)C(=NC(=S)Nc4ccc(C#N)c(C(F)(F)F)c4)C34CCC4)CC2)CC1. The molecular weight excluding hydrogens is 779 g/mol. The second-order valence-corrected chi connectivity index (χ2v) is 15.4. The third kappa shape index (κ3) is 8.03. The van der Waals surface area contributed by atoms with Gasteiger partial charge in [-0.2, -0.15) is 36.9 Å². The molecule has 1 amide bonds. The van der Waals surface area contributed by atoms with E-state index in [0.29, 0.717) is 58.3 Å². The van der Waals surface area contributed by atoms with Crippen LogP contribution in [0.25, 0.3) is 0 Å². The zero-order chi connectivity index (χ0) is 40.8. The van der Waals surface area contributed by atoms with Gasteiger partial charge in [-0.05, 0) is 126 Å². The third-order valence-electron chi connectivity index (χ3n) is 9.94. The topological polar surface area (TPSA) is 111 Å². The number of nitrogens with zero attached hydrogens (tertiary/aromatic N) is 7. The van der Waals surface area contributed by atoms with Crippen molar-refractivity contribution in [1.29, 1.82) is 10.5 Å². The van der Waals surface area contributed by atoms with Gasteiger partial charge in [-0.1, -0.05) is 0 Å². The number of carbonyl (C=O) groups excluding carboxylic acids is 1. The van der Waals surface area contributed by atoms with Crippen molar-refractivity contribution in [2.45, 2.75) is 76.4 Å². The number of nitrogens with one attached hydrogen (secondary N) is 1. The summed E-state index contributed by atoms with van der Waals surface area (Å²) in [6, 6.07) is 9.30. The molecule has 3 fully saturated rings. The summed E-state index contributed by atoms with van der Waals surface area (Å²) in [5, 5.41) is 21.2. The molecule has 2 heterocycles. The largest absolute Gasteiger partial charge is 0.444 e. The zero-order valence-corrected chi connectivity index (χ0v) is 32.1. The number of nitriles is 2. The fourth-order valence-corrected chi connectivity index (χ4v) is 7.89. The van der Waals surface area contributed by atoms with E-state index in [9.17, 15) is 41.7 Å². The maximum atomic E-state index is 14.2. The Balaban J connectivity index is 1.34. The number of alkyl halides is 6. The predicted octanol–water partition coefficient (Wildman–Crippen LogP) is 8.71. The number of hydrogen-bond donors (Lipinski definition) is 1. The summed E-state index contributed by atoms with van der Waals surface area (Å²) in [5.74, 6) is 0.183. The van der Waals surface area contributed by atoms with Gasteiger partial charge in [0, 0.05) is 43.3 Å². The number of amidine groups is 1. The van der Waals surface area contributed by atoms with Gasteiger partial charge in [-0.15, -0.1) is 0 Å². The van der Waals surface area contributed by atoms with Crippen LogP contribution >= 0.6 is 24.4 Å². The third-order valence-corrected chi connectivity index (χ3v) is 10.5. The fourth-order valence-electron chi connectivity index (χ4n) is 7.20.